The van der Waals surface area contributed by atoms with Gasteiger partial charge in [0.1, 0.15) is 11.6 Å². The third kappa shape index (κ3) is 7.15. The predicted octanol–water partition coefficient (Wildman–Crippen LogP) is 3.15. The Kier molecular flexibility index (Phi) is 8.66. The highest BCUT2D eigenvalue weighted by Crippen LogP contribution is 2.24. The number of carbonyl (C=O) groups is 2. The van der Waals surface area contributed by atoms with Crippen LogP contribution in [0.5, 0.6) is 5.75 Å². The first kappa shape index (κ1) is 25.0. The van der Waals surface area contributed by atoms with Crippen molar-refractivity contribution >= 4 is 23.5 Å². The number of hydrogen-bond donors (Lipinski definition) is 2. The lowest BCUT2D eigenvalue weighted by Gasteiger charge is -2.44. The van der Waals surface area contributed by atoms with E-state index in [0.717, 1.165) is 5.56 Å². The minimum Gasteiger partial charge on any atom is -0.483 e. The molecule has 178 valence electrons. The molecule has 2 aromatic rings. The number of nitrogens with zero attached hydrogens (tertiary/aromatic N) is 2. The molecule has 1 aliphatic rings. The normalized spacial score (nSPS) is 18.8. The van der Waals surface area contributed by atoms with Crippen molar-refractivity contribution in [3.05, 3.63) is 64.4 Å². The molecule has 0 aliphatic carbocycles. The van der Waals surface area contributed by atoms with Crippen LogP contribution >= 0.6 is 11.6 Å². The van der Waals surface area contributed by atoms with E-state index in [-0.39, 0.29) is 43.5 Å². The standard InChI is InChI=1S/C24H29ClFN3O4/c1-16-13-29(17(2)12-28(16)14-18-3-6-21(26)7-4-18)23(30)15-33-22-8-5-20(25)9-19(22)10-27-11-24(31)32/h3-9,16-17,27H,10-15H2,1-2H3,(H,31,32). The second kappa shape index (κ2) is 11.4. The fourth-order valence-corrected chi connectivity index (χ4v) is 4.14. The lowest BCUT2D eigenvalue weighted by atomic mass is 10.1. The molecule has 7 nitrogen and oxygen atoms in total. The van der Waals surface area contributed by atoms with Gasteiger partial charge in [0.15, 0.2) is 6.61 Å². The third-order valence-electron chi connectivity index (χ3n) is 5.70. The summed E-state index contributed by atoms with van der Waals surface area (Å²) in [5.41, 5.74) is 1.72. The number of piperazine rings is 1. The zero-order chi connectivity index (χ0) is 24.0. The summed E-state index contributed by atoms with van der Waals surface area (Å²) in [5.74, 6) is -0.843. The Morgan fingerprint density at radius 2 is 1.88 bits per heavy atom. The van der Waals surface area contributed by atoms with Crippen LogP contribution in [0.4, 0.5) is 4.39 Å². The molecule has 0 bridgehead atoms. The molecule has 1 aliphatic heterocycles. The minimum atomic E-state index is -0.962. The number of carbonyl (C=O) groups excluding carboxylic acids is 1. The zero-order valence-corrected chi connectivity index (χ0v) is 19.5. The average Bonchev–Trinajstić information content (AvgIpc) is 2.76. The molecule has 2 unspecified atom stereocenters. The maximum atomic E-state index is 13.2. The van der Waals surface area contributed by atoms with Crippen LogP contribution in [0, 0.1) is 5.82 Å². The van der Waals surface area contributed by atoms with Crippen LogP contribution in [0.15, 0.2) is 42.5 Å². The highest BCUT2D eigenvalue weighted by atomic mass is 35.5. The van der Waals surface area contributed by atoms with Crippen LogP contribution in [0.25, 0.3) is 0 Å². The second-order valence-corrected chi connectivity index (χ2v) is 8.77. The van der Waals surface area contributed by atoms with E-state index < -0.39 is 5.97 Å². The number of rotatable bonds is 9. The number of amides is 1. The molecule has 0 radical (unpaired) electrons. The molecule has 33 heavy (non-hydrogen) atoms. The van der Waals surface area contributed by atoms with Crippen molar-refractivity contribution in [2.24, 2.45) is 0 Å². The fraction of sp³-hybridized carbons (Fsp3) is 0.417. The summed E-state index contributed by atoms with van der Waals surface area (Å²) < 4.78 is 19.0. The van der Waals surface area contributed by atoms with Crippen LogP contribution in [-0.4, -0.2) is 65.1 Å². The van der Waals surface area contributed by atoms with Gasteiger partial charge in [-0.2, -0.15) is 0 Å². The molecule has 1 heterocycles. The molecule has 0 aromatic heterocycles. The highest BCUT2D eigenvalue weighted by Gasteiger charge is 2.32. The second-order valence-electron chi connectivity index (χ2n) is 8.34. The van der Waals surface area contributed by atoms with Gasteiger partial charge in [-0.25, -0.2) is 4.39 Å². The SMILES string of the molecule is CC1CN(C(=O)COc2ccc(Cl)cc2CNCC(=O)O)C(C)CN1Cc1ccc(F)cc1. The Labute approximate surface area is 198 Å². The number of hydrogen-bond acceptors (Lipinski definition) is 5. The molecule has 1 amide bonds. The van der Waals surface area contributed by atoms with Crippen molar-refractivity contribution in [2.75, 3.05) is 26.2 Å². The van der Waals surface area contributed by atoms with Crippen molar-refractivity contribution in [2.45, 2.75) is 39.0 Å². The van der Waals surface area contributed by atoms with E-state index in [0.29, 0.717) is 36.0 Å². The molecule has 2 aromatic carbocycles. The quantitative estimate of drug-likeness (QED) is 0.577. The van der Waals surface area contributed by atoms with Crippen LogP contribution < -0.4 is 10.1 Å². The van der Waals surface area contributed by atoms with Gasteiger partial charge in [-0.15, -0.1) is 0 Å². The van der Waals surface area contributed by atoms with Crippen molar-refractivity contribution in [1.82, 2.24) is 15.1 Å². The Bertz CT molecular complexity index is 973. The van der Waals surface area contributed by atoms with Crippen LogP contribution in [-0.2, 0) is 22.7 Å². The Hall–Kier alpha value is -2.68. The molecule has 3 rings (SSSR count). The van der Waals surface area contributed by atoms with Gasteiger partial charge in [-0.05, 0) is 49.7 Å². The summed E-state index contributed by atoms with van der Waals surface area (Å²) in [6, 6.07) is 11.7. The summed E-state index contributed by atoms with van der Waals surface area (Å²) in [6.07, 6.45) is 0. The maximum Gasteiger partial charge on any atom is 0.317 e. The minimum absolute atomic E-state index is 0.000306. The van der Waals surface area contributed by atoms with Gasteiger partial charge < -0.3 is 20.1 Å². The smallest absolute Gasteiger partial charge is 0.317 e. The average molecular weight is 478 g/mol. The number of halogens is 2. The van der Waals surface area contributed by atoms with E-state index in [1.165, 1.54) is 12.1 Å². The van der Waals surface area contributed by atoms with Gasteiger partial charge in [-0.1, -0.05) is 23.7 Å². The van der Waals surface area contributed by atoms with E-state index in [1.54, 1.807) is 30.3 Å². The fourth-order valence-electron chi connectivity index (χ4n) is 3.94. The van der Waals surface area contributed by atoms with Crippen molar-refractivity contribution in [1.29, 1.82) is 0 Å². The molecule has 1 saturated heterocycles. The van der Waals surface area contributed by atoms with Gasteiger partial charge in [0.25, 0.3) is 5.91 Å². The molecule has 9 heteroatoms. The van der Waals surface area contributed by atoms with Crippen LogP contribution in [0.2, 0.25) is 5.02 Å². The summed E-state index contributed by atoms with van der Waals surface area (Å²) in [7, 11) is 0. The summed E-state index contributed by atoms with van der Waals surface area (Å²) >= 11 is 6.06. The largest absolute Gasteiger partial charge is 0.483 e. The van der Waals surface area contributed by atoms with E-state index in [1.807, 2.05) is 11.8 Å². The molecular formula is C24H29ClFN3O4. The third-order valence-corrected chi connectivity index (χ3v) is 5.93. The number of aliphatic carboxylic acids is 1. The van der Waals surface area contributed by atoms with Gasteiger partial charge in [0, 0.05) is 48.8 Å². The zero-order valence-electron chi connectivity index (χ0n) is 18.8. The van der Waals surface area contributed by atoms with E-state index >= 15 is 0 Å². The summed E-state index contributed by atoms with van der Waals surface area (Å²) in [6.45, 7) is 5.99. The van der Waals surface area contributed by atoms with Gasteiger partial charge in [0.05, 0.1) is 6.54 Å². The monoisotopic (exact) mass is 477 g/mol. The summed E-state index contributed by atoms with van der Waals surface area (Å²) in [5, 5.41) is 12.1. The number of carboxylic acid groups (broad SMARTS) is 1. The first-order valence-electron chi connectivity index (χ1n) is 10.8. The maximum absolute atomic E-state index is 13.2. The molecule has 1 fully saturated rings. The number of ether oxygens (including phenoxy) is 1. The van der Waals surface area contributed by atoms with Gasteiger partial charge >= 0.3 is 5.97 Å². The Balaban J connectivity index is 1.56. The first-order chi connectivity index (χ1) is 15.7. The Morgan fingerprint density at radius 1 is 1.15 bits per heavy atom. The molecule has 2 atom stereocenters. The molecule has 0 spiro atoms. The molecule has 2 N–H and O–H groups in total. The lowest BCUT2D eigenvalue weighted by Crippen LogP contribution is -2.58. The van der Waals surface area contributed by atoms with Gasteiger partial charge in [-0.3, -0.25) is 14.5 Å². The van der Waals surface area contributed by atoms with Gasteiger partial charge in [0.2, 0.25) is 0 Å². The van der Waals surface area contributed by atoms with Crippen LogP contribution in [0.3, 0.4) is 0 Å². The number of carboxylic acids is 1. The Morgan fingerprint density at radius 3 is 2.58 bits per heavy atom. The van der Waals surface area contributed by atoms with Crippen LogP contribution in [0.1, 0.15) is 25.0 Å². The summed E-state index contributed by atoms with van der Waals surface area (Å²) in [4.78, 5) is 27.8. The topological polar surface area (TPSA) is 82.1 Å². The predicted molar refractivity (Wildman–Crippen MR) is 124 cm³/mol. The van der Waals surface area contributed by atoms with Crippen molar-refractivity contribution < 1.29 is 23.8 Å². The van der Waals surface area contributed by atoms with E-state index in [9.17, 15) is 14.0 Å². The molecular weight excluding hydrogens is 449 g/mol. The number of nitrogens with one attached hydrogen (secondary N) is 1. The highest BCUT2D eigenvalue weighted by molar-refractivity contribution is 6.30. The van der Waals surface area contributed by atoms with Crippen molar-refractivity contribution in [3.63, 3.8) is 0 Å². The van der Waals surface area contributed by atoms with E-state index in [4.69, 9.17) is 21.4 Å². The number of benzene rings is 2. The first-order valence-corrected chi connectivity index (χ1v) is 11.2. The van der Waals surface area contributed by atoms with E-state index in [2.05, 4.69) is 17.1 Å². The molecule has 0 saturated carbocycles. The van der Waals surface area contributed by atoms with Crippen molar-refractivity contribution in [3.8, 4) is 5.75 Å². The lowest BCUT2D eigenvalue weighted by molar-refractivity contribution is -0.139.